The predicted molar refractivity (Wildman–Crippen MR) is 64.7 cm³/mol. The maximum absolute atomic E-state index is 3.98. The van der Waals surface area contributed by atoms with Crippen molar-refractivity contribution in [3.8, 4) is 0 Å². The number of hydrogen-bond acceptors (Lipinski definition) is 1. The average Bonchev–Trinajstić information content (AvgIpc) is 2.10. The fourth-order valence-corrected chi connectivity index (χ4v) is 0.783. The SMILES string of the molecule is CC.CC.[CH2-]C([CH2-])(CC)CN(C)C.[Y]. The Bertz CT molecular complexity index is 80.4. The van der Waals surface area contributed by atoms with Gasteiger partial charge in [-0.1, -0.05) is 41.2 Å². The van der Waals surface area contributed by atoms with Crippen LogP contribution in [0.15, 0.2) is 0 Å². The molecular formula is C12H29NY-2. The molecule has 0 atom stereocenters. The second-order valence-electron chi connectivity index (χ2n) is 3.09. The molecule has 0 spiro atoms. The summed E-state index contributed by atoms with van der Waals surface area (Å²) in [5.41, 5.74) is -0.0104. The Morgan fingerprint density at radius 1 is 1.00 bits per heavy atom. The molecule has 0 saturated heterocycles. The van der Waals surface area contributed by atoms with E-state index < -0.39 is 0 Å². The van der Waals surface area contributed by atoms with Gasteiger partial charge in [0.15, 0.2) is 0 Å². The molecule has 0 rings (SSSR count). The van der Waals surface area contributed by atoms with Gasteiger partial charge in [-0.2, -0.15) is 0 Å². The van der Waals surface area contributed by atoms with Crippen molar-refractivity contribution < 1.29 is 32.7 Å². The van der Waals surface area contributed by atoms with Gasteiger partial charge in [0.2, 0.25) is 0 Å². The third-order valence-corrected chi connectivity index (χ3v) is 1.40. The van der Waals surface area contributed by atoms with E-state index in [1.165, 1.54) is 0 Å². The van der Waals surface area contributed by atoms with Crippen LogP contribution >= 0.6 is 0 Å². The Morgan fingerprint density at radius 2 is 1.29 bits per heavy atom. The van der Waals surface area contributed by atoms with Crippen LogP contribution in [0.2, 0.25) is 0 Å². The Labute approximate surface area is 118 Å². The Kier molecular flexibility index (Phi) is 28.7. The maximum atomic E-state index is 3.98. The zero-order valence-electron chi connectivity index (χ0n) is 11.4. The molecule has 0 heterocycles. The van der Waals surface area contributed by atoms with E-state index in [0.29, 0.717) is 0 Å². The van der Waals surface area contributed by atoms with E-state index in [4.69, 9.17) is 0 Å². The van der Waals surface area contributed by atoms with Crippen molar-refractivity contribution in [2.75, 3.05) is 20.6 Å². The summed E-state index contributed by atoms with van der Waals surface area (Å²) < 4.78 is 0. The van der Waals surface area contributed by atoms with E-state index in [1.54, 1.807) is 0 Å². The Hall–Kier alpha value is 1.06. The zero-order chi connectivity index (χ0) is 11.5. The minimum absolute atomic E-state index is 0. The van der Waals surface area contributed by atoms with Gasteiger partial charge in [-0.15, -0.1) is 6.42 Å². The van der Waals surface area contributed by atoms with Gasteiger partial charge >= 0.3 is 0 Å². The second kappa shape index (κ2) is 16.5. The molecule has 14 heavy (non-hydrogen) atoms. The van der Waals surface area contributed by atoms with Gasteiger partial charge in [0, 0.05) is 32.7 Å². The van der Waals surface area contributed by atoms with Crippen LogP contribution in [0.25, 0.3) is 0 Å². The van der Waals surface area contributed by atoms with Crippen LogP contribution in [-0.2, 0) is 32.7 Å². The van der Waals surface area contributed by atoms with Gasteiger partial charge in [-0.25, -0.2) is 0 Å². The molecule has 2 heteroatoms. The molecule has 0 aromatic carbocycles. The van der Waals surface area contributed by atoms with Crippen LogP contribution in [-0.4, -0.2) is 25.5 Å². The van der Waals surface area contributed by atoms with E-state index in [-0.39, 0.29) is 38.1 Å². The molecule has 1 nitrogen and oxygen atoms in total. The molecule has 87 valence electrons. The largest absolute Gasteiger partial charge is 0.365 e. The maximum Gasteiger partial charge on any atom is 0 e. The van der Waals surface area contributed by atoms with E-state index in [0.717, 1.165) is 13.0 Å². The molecular weight excluding hydrogens is 247 g/mol. The fourth-order valence-electron chi connectivity index (χ4n) is 0.783. The smallest absolute Gasteiger partial charge is 0 e. The normalized spacial score (nSPS) is 9.00. The number of hydrogen-bond donors (Lipinski definition) is 0. The van der Waals surface area contributed by atoms with Crippen molar-refractivity contribution in [1.82, 2.24) is 4.90 Å². The van der Waals surface area contributed by atoms with Gasteiger partial charge in [-0.3, -0.25) is 5.41 Å². The van der Waals surface area contributed by atoms with Crippen molar-refractivity contribution in [1.29, 1.82) is 0 Å². The van der Waals surface area contributed by atoms with E-state index in [1.807, 2.05) is 41.8 Å². The van der Waals surface area contributed by atoms with Gasteiger partial charge in [-0.05, 0) is 14.1 Å². The summed E-state index contributed by atoms with van der Waals surface area (Å²) in [4.78, 5) is 2.11. The fraction of sp³-hybridized carbons (Fsp3) is 0.833. The van der Waals surface area contributed by atoms with Crippen molar-refractivity contribution in [3.05, 3.63) is 13.8 Å². The molecule has 0 aromatic rings. The third kappa shape index (κ3) is 23.1. The molecule has 0 aliphatic carbocycles. The van der Waals surface area contributed by atoms with Crippen LogP contribution < -0.4 is 0 Å². The van der Waals surface area contributed by atoms with Crippen molar-refractivity contribution in [2.24, 2.45) is 5.41 Å². The Balaban J connectivity index is -0.0000000883. The van der Waals surface area contributed by atoms with Crippen molar-refractivity contribution in [2.45, 2.75) is 41.0 Å². The average molecular weight is 276 g/mol. The first kappa shape index (κ1) is 24.3. The number of rotatable bonds is 3. The summed E-state index contributed by atoms with van der Waals surface area (Å²) in [6, 6.07) is 0. The summed E-state index contributed by atoms with van der Waals surface area (Å²) >= 11 is 0. The van der Waals surface area contributed by atoms with Gasteiger partial charge < -0.3 is 18.7 Å². The summed E-state index contributed by atoms with van der Waals surface area (Å²) in [7, 11) is 4.08. The molecule has 0 unspecified atom stereocenters. The first-order chi connectivity index (χ1) is 5.98. The van der Waals surface area contributed by atoms with E-state index in [2.05, 4.69) is 25.7 Å². The number of nitrogens with zero attached hydrogens (tertiary/aromatic N) is 1. The monoisotopic (exact) mass is 276 g/mol. The topological polar surface area (TPSA) is 3.24 Å². The molecule has 0 aliphatic rings. The summed E-state index contributed by atoms with van der Waals surface area (Å²) in [5.74, 6) is 0. The Morgan fingerprint density at radius 3 is 1.36 bits per heavy atom. The zero-order valence-corrected chi connectivity index (χ0v) is 14.2. The molecule has 0 N–H and O–H groups in total. The van der Waals surface area contributed by atoms with Crippen LogP contribution in [0, 0.1) is 19.3 Å². The molecule has 0 fully saturated rings. The minimum Gasteiger partial charge on any atom is -0.365 e. The summed E-state index contributed by atoms with van der Waals surface area (Å²) in [5, 5.41) is 0. The van der Waals surface area contributed by atoms with E-state index >= 15 is 0 Å². The first-order valence-electron chi connectivity index (χ1n) is 5.33. The standard InChI is InChI=1S/C8H17N.2C2H6.Y/c1-6-8(2,3)7-9(4)5;2*1-2;/h2-3,6-7H2,1,4-5H3;2*1-2H3;/q-2;;;. The first-order valence-corrected chi connectivity index (χ1v) is 5.33. The molecule has 0 aromatic heterocycles. The van der Waals surface area contributed by atoms with Gasteiger partial charge in [0.05, 0.1) is 0 Å². The van der Waals surface area contributed by atoms with Crippen LogP contribution in [0.1, 0.15) is 41.0 Å². The molecule has 0 amide bonds. The van der Waals surface area contributed by atoms with E-state index in [9.17, 15) is 0 Å². The molecule has 0 saturated carbocycles. The molecule has 1 radical (unpaired) electrons. The summed E-state index contributed by atoms with van der Waals surface area (Å²) in [6.07, 6.45) is 1.03. The van der Waals surface area contributed by atoms with Crippen LogP contribution in [0.3, 0.4) is 0 Å². The molecule has 0 bridgehead atoms. The van der Waals surface area contributed by atoms with Crippen LogP contribution in [0.5, 0.6) is 0 Å². The minimum atomic E-state index is -0.0104. The van der Waals surface area contributed by atoms with Crippen molar-refractivity contribution in [3.63, 3.8) is 0 Å². The third-order valence-electron chi connectivity index (χ3n) is 1.40. The van der Waals surface area contributed by atoms with Crippen LogP contribution in [0.4, 0.5) is 0 Å². The molecule has 0 aliphatic heterocycles. The quantitative estimate of drug-likeness (QED) is 0.711. The van der Waals surface area contributed by atoms with Gasteiger partial charge in [0.25, 0.3) is 0 Å². The van der Waals surface area contributed by atoms with Crippen molar-refractivity contribution >= 4 is 0 Å². The van der Waals surface area contributed by atoms with Gasteiger partial charge in [0.1, 0.15) is 0 Å². The predicted octanol–water partition coefficient (Wildman–Crippen LogP) is 3.66. The summed E-state index contributed by atoms with van der Waals surface area (Å²) in [6.45, 7) is 19.0. The second-order valence-corrected chi connectivity index (χ2v) is 3.09.